The monoisotopic (exact) mass is 340 g/mol. The minimum absolute atomic E-state index is 0.324. The third-order valence-electron chi connectivity index (χ3n) is 4.06. The molecule has 0 aliphatic carbocycles. The molecule has 0 bridgehead atoms. The van der Waals surface area contributed by atoms with E-state index < -0.39 is 17.4 Å². The molecule has 0 saturated heterocycles. The molecule has 0 aromatic heterocycles. The van der Waals surface area contributed by atoms with E-state index in [4.69, 9.17) is 21.1 Å². The van der Waals surface area contributed by atoms with Crippen LogP contribution in [-0.4, -0.2) is 18.5 Å². The molecule has 0 saturated carbocycles. The Balaban J connectivity index is 2.92. The van der Waals surface area contributed by atoms with Crippen LogP contribution in [0.1, 0.15) is 52.0 Å². The highest BCUT2D eigenvalue weighted by Gasteiger charge is 2.46. The van der Waals surface area contributed by atoms with Gasteiger partial charge in [-0.1, -0.05) is 38.8 Å². The molecule has 1 aromatic carbocycles. The van der Waals surface area contributed by atoms with Gasteiger partial charge in [-0.25, -0.2) is 0 Å². The maximum absolute atomic E-state index is 12.6. The van der Waals surface area contributed by atoms with Gasteiger partial charge in [0.1, 0.15) is 5.75 Å². The molecule has 0 fully saturated rings. The van der Waals surface area contributed by atoms with E-state index in [-0.39, 0.29) is 0 Å². The first-order chi connectivity index (χ1) is 10.9. The molecular weight excluding hydrogens is 316 g/mol. The van der Waals surface area contributed by atoms with E-state index in [2.05, 4.69) is 0 Å². The van der Waals surface area contributed by atoms with Gasteiger partial charge >= 0.3 is 11.9 Å². The van der Waals surface area contributed by atoms with Crippen molar-refractivity contribution in [3.63, 3.8) is 0 Å². The highest BCUT2D eigenvalue weighted by molar-refractivity contribution is 6.31. The standard InChI is InChI=1S/C18H25ClO4/c1-5-8-11-22-16(20)18(6-2,7-3)17(21)23-14-9-10-15(19)13(4)12-14/h9-10,12H,5-8,11H2,1-4H3. The van der Waals surface area contributed by atoms with Gasteiger partial charge in [-0.15, -0.1) is 0 Å². The topological polar surface area (TPSA) is 52.6 Å². The van der Waals surface area contributed by atoms with E-state index in [0.29, 0.717) is 30.2 Å². The van der Waals surface area contributed by atoms with Crippen LogP contribution in [0.25, 0.3) is 0 Å². The summed E-state index contributed by atoms with van der Waals surface area (Å²) in [6.07, 6.45) is 2.37. The van der Waals surface area contributed by atoms with Crippen molar-refractivity contribution in [2.75, 3.05) is 6.61 Å². The van der Waals surface area contributed by atoms with Crippen LogP contribution in [0, 0.1) is 12.3 Å². The Morgan fingerprint density at radius 1 is 1.13 bits per heavy atom. The third kappa shape index (κ3) is 4.71. The maximum Gasteiger partial charge on any atom is 0.328 e. The molecule has 0 radical (unpaired) electrons. The molecule has 0 aliphatic rings. The van der Waals surface area contributed by atoms with Crippen molar-refractivity contribution in [3.05, 3.63) is 28.8 Å². The smallest absolute Gasteiger partial charge is 0.328 e. The fourth-order valence-corrected chi connectivity index (χ4v) is 2.36. The van der Waals surface area contributed by atoms with E-state index in [0.717, 1.165) is 18.4 Å². The number of carbonyl (C=O) groups is 2. The molecule has 0 spiro atoms. The van der Waals surface area contributed by atoms with Gasteiger partial charge < -0.3 is 9.47 Å². The zero-order chi connectivity index (χ0) is 17.5. The second-order valence-corrected chi connectivity index (χ2v) is 5.99. The second-order valence-electron chi connectivity index (χ2n) is 5.58. The predicted octanol–water partition coefficient (Wildman–Crippen LogP) is 4.70. The number of ether oxygens (including phenoxy) is 2. The Bertz CT molecular complexity index is 550. The minimum Gasteiger partial charge on any atom is -0.465 e. The predicted molar refractivity (Wildman–Crippen MR) is 90.7 cm³/mol. The van der Waals surface area contributed by atoms with Gasteiger partial charge in [-0.3, -0.25) is 9.59 Å². The Labute approximate surface area is 143 Å². The van der Waals surface area contributed by atoms with Gasteiger partial charge in [0.25, 0.3) is 0 Å². The number of esters is 2. The highest BCUT2D eigenvalue weighted by Crippen LogP contribution is 2.32. The quantitative estimate of drug-likeness (QED) is 0.298. The number of hydrogen-bond acceptors (Lipinski definition) is 4. The normalized spacial score (nSPS) is 11.2. The van der Waals surface area contributed by atoms with Crippen molar-refractivity contribution < 1.29 is 19.1 Å². The summed E-state index contributed by atoms with van der Waals surface area (Å²) in [5.74, 6) is -0.707. The summed E-state index contributed by atoms with van der Waals surface area (Å²) in [4.78, 5) is 25.0. The average Bonchev–Trinajstić information content (AvgIpc) is 2.53. The third-order valence-corrected chi connectivity index (χ3v) is 4.48. The van der Waals surface area contributed by atoms with Crippen LogP contribution in [0.15, 0.2) is 18.2 Å². The summed E-state index contributed by atoms with van der Waals surface area (Å²) in [5.41, 5.74) is -0.456. The summed E-state index contributed by atoms with van der Waals surface area (Å²) in [6, 6.07) is 4.96. The summed E-state index contributed by atoms with van der Waals surface area (Å²) in [6.45, 7) is 7.74. The molecule has 0 unspecified atom stereocenters. The van der Waals surface area contributed by atoms with Crippen molar-refractivity contribution in [2.45, 2.75) is 53.4 Å². The molecule has 0 atom stereocenters. The summed E-state index contributed by atoms with van der Waals surface area (Å²) < 4.78 is 10.7. The molecule has 5 heteroatoms. The Morgan fingerprint density at radius 2 is 1.78 bits per heavy atom. The molecule has 0 aliphatic heterocycles. The first-order valence-corrected chi connectivity index (χ1v) is 8.44. The molecule has 0 amide bonds. The van der Waals surface area contributed by atoms with Gasteiger partial charge in [0.15, 0.2) is 5.41 Å². The van der Waals surface area contributed by atoms with E-state index >= 15 is 0 Å². The SMILES string of the molecule is CCCCOC(=O)C(CC)(CC)C(=O)Oc1ccc(Cl)c(C)c1. The maximum atomic E-state index is 12.6. The van der Waals surface area contributed by atoms with Gasteiger partial charge in [-0.2, -0.15) is 0 Å². The number of hydrogen-bond donors (Lipinski definition) is 0. The number of halogens is 1. The van der Waals surface area contributed by atoms with E-state index in [1.165, 1.54) is 0 Å². The van der Waals surface area contributed by atoms with E-state index in [1.54, 1.807) is 32.0 Å². The Hall–Kier alpha value is -1.55. The Kier molecular flexibility index (Phi) is 7.56. The van der Waals surface area contributed by atoms with Crippen LogP contribution in [0.3, 0.4) is 0 Å². The number of rotatable bonds is 8. The van der Waals surface area contributed by atoms with Crippen molar-refractivity contribution in [2.24, 2.45) is 5.41 Å². The lowest BCUT2D eigenvalue weighted by Crippen LogP contribution is -2.42. The average molecular weight is 341 g/mol. The summed E-state index contributed by atoms with van der Waals surface area (Å²) in [5, 5.41) is 0.598. The molecule has 0 N–H and O–H groups in total. The molecular formula is C18H25ClO4. The number of aryl methyl sites for hydroxylation is 1. The molecule has 23 heavy (non-hydrogen) atoms. The Morgan fingerprint density at radius 3 is 2.30 bits per heavy atom. The van der Waals surface area contributed by atoms with Crippen molar-refractivity contribution in [1.82, 2.24) is 0 Å². The first kappa shape index (κ1) is 19.5. The fraction of sp³-hybridized carbons (Fsp3) is 0.556. The molecule has 0 heterocycles. The lowest BCUT2D eigenvalue weighted by molar-refractivity contribution is -0.168. The summed E-state index contributed by atoms with van der Waals surface area (Å²) in [7, 11) is 0. The summed E-state index contributed by atoms with van der Waals surface area (Å²) >= 11 is 5.97. The molecule has 128 valence electrons. The fourth-order valence-electron chi connectivity index (χ4n) is 2.24. The van der Waals surface area contributed by atoms with Crippen LogP contribution >= 0.6 is 11.6 Å². The van der Waals surface area contributed by atoms with Gasteiger partial charge in [0.05, 0.1) is 6.61 Å². The number of unbranched alkanes of at least 4 members (excludes halogenated alkanes) is 1. The van der Waals surface area contributed by atoms with Gasteiger partial charge in [-0.05, 0) is 49.9 Å². The van der Waals surface area contributed by atoms with Gasteiger partial charge in [0, 0.05) is 5.02 Å². The van der Waals surface area contributed by atoms with E-state index in [9.17, 15) is 9.59 Å². The van der Waals surface area contributed by atoms with E-state index in [1.807, 2.05) is 13.8 Å². The van der Waals surface area contributed by atoms with Crippen molar-refractivity contribution in [3.8, 4) is 5.75 Å². The zero-order valence-electron chi connectivity index (χ0n) is 14.3. The largest absolute Gasteiger partial charge is 0.465 e. The van der Waals surface area contributed by atoms with Crippen molar-refractivity contribution in [1.29, 1.82) is 0 Å². The van der Waals surface area contributed by atoms with Crippen LogP contribution in [-0.2, 0) is 14.3 Å². The lowest BCUT2D eigenvalue weighted by Gasteiger charge is -2.26. The minimum atomic E-state index is -1.26. The van der Waals surface area contributed by atoms with Gasteiger partial charge in [0.2, 0.25) is 0 Å². The molecule has 1 aromatic rings. The first-order valence-electron chi connectivity index (χ1n) is 8.06. The number of carbonyl (C=O) groups excluding carboxylic acids is 2. The second kappa shape index (κ2) is 8.92. The number of benzene rings is 1. The molecule has 1 rings (SSSR count). The van der Waals surface area contributed by atoms with Crippen LogP contribution in [0.4, 0.5) is 0 Å². The zero-order valence-corrected chi connectivity index (χ0v) is 15.0. The molecule has 4 nitrogen and oxygen atoms in total. The van der Waals surface area contributed by atoms with Crippen LogP contribution in [0.5, 0.6) is 5.75 Å². The lowest BCUT2D eigenvalue weighted by atomic mass is 9.82. The van der Waals surface area contributed by atoms with Crippen LogP contribution in [0.2, 0.25) is 5.02 Å². The highest BCUT2D eigenvalue weighted by atomic mass is 35.5. The van der Waals surface area contributed by atoms with Crippen molar-refractivity contribution >= 4 is 23.5 Å². The van der Waals surface area contributed by atoms with Crippen LogP contribution < -0.4 is 4.74 Å².